The number of carboxylic acid groups (broad SMARTS) is 1. The summed E-state index contributed by atoms with van der Waals surface area (Å²) in [6.07, 6.45) is 2.28. The van der Waals surface area contributed by atoms with Gasteiger partial charge in [-0.25, -0.2) is 4.79 Å². The Morgan fingerprint density at radius 3 is 1.74 bits per heavy atom. The first-order valence-corrected chi connectivity index (χ1v) is 15.3. The molecule has 5 atom stereocenters. The van der Waals surface area contributed by atoms with E-state index in [1.807, 2.05) is 78.9 Å². The number of aliphatic hydroxyl groups excluding tert-OH is 1. The van der Waals surface area contributed by atoms with Gasteiger partial charge in [0.05, 0.1) is 12.1 Å². The van der Waals surface area contributed by atoms with Crippen molar-refractivity contribution in [3.8, 4) is 0 Å². The number of nitrogens with two attached hydrogens (primary N) is 1. The van der Waals surface area contributed by atoms with E-state index in [-0.39, 0.29) is 19.3 Å². The van der Waals surface area contributed by atoms with Gasteiger partial charge < -0.3 is 41.9 Å². The van der Waals surface area contributed by atoms with Crippen molar-refractivity contribution in [1.82, 2.24) is 25.9 Å². The van der Waals surface area contributed by atoms with E-state index in [2.05, 4.69) is 25.9 Å². The highest BCUT2D eigenvalue weighted by molar-refractivity contribution is 5.95. The van der Waals surface area contributed by atoms with E-state index in [1.165, 1.54) is 6.92 Å². The third-order valence-corrected chi connectivity index (χ3v) is 8.14. The second-order valence-corrected chi connectivity index (χ2v) is 11.6. The number of rotatable bonds is 14. The summed E-state index contributed by atoms with van der Waals surface area (Å²) < 4.78 is 0. The minimum absolute atomic E-state index is 0.00495. The number of carbonyl (C=O) groups is 4. The highest BCUT2D eigenvalue weighted by Gasteiger charge is 2.33. The molecule has 2 heterocycles. The van der Waals surface area contributed by atoms with Crippen LogP contribution in [-0.2, 0) is 38.4 Å². The summed E-state index contributed by atoms with van der Waals surface area (Å²) in [5, 5.41) is 30.0. The van der Waals surface area contributed by atoms with Crippen LogP contribution in [0.5, 0.6) is 0 Å². The number of aromatic amines is 2. The normalized spacial score (nSPS) is 14.5. The van der Waals surface area contributed by atoms with Crippen molar-refractivity contribution >= 4 is 45.5 Å². The van der Waals surface area contributed by atoms with Crippen molar-refractivity contribution < 1.29 is 29.4 Å². The molecule has 0 aliphatic heterocycles. The number of amides is 3. The first kappa shape index (κ1) is 32.9. The van der Waals surface area contributed by atoms with E-state index < -0.39 is 54.0 Å². The Bertz CT molecular complexity index is 1870. The van der Waals surface area contributed by atoms with Crippen LogP contribution in [0.1, 0.15) is 23.6 Å². The molecule has 12 heteroatoms. The summed E-state index contributed by atoms with van der Waals surface area (Å²) in [6, 6.07) is 19.0. The van der Waals surface area contributed by atoms with Crippen LogP contribution >= 0.6 is 0 Å². The minimum atomic E-state index is -1.44. The van der Waals surface area contributed by atoms with Crippen LogP contribution in [0.3, 0.4) is 0 Å². The van der Waals surface area contributed by atoms with Crippen LogP contribution in [0.4, 0.5) is 0 Å². The molecule has 3 amide bonds. The molecular formula is C35H38N6O6. The van der Waals surface area contributed by atoms with E-state index in [9.17, 15) is 29.4 Å². The number of para-hydroxylation sites is 2. The molecule has 0 aliphatic carbocycles. The van der Waals surface area contributed by atoms with E-state index >= 15 is 0 Å². The Hall–Kier alpha value is -5.46. The van der Waals surface area contributed by atoms with Crippen LogP contribution in [0.25, 0.3) is 21.8 Å². The number of nitrogens with one attached hydrogen (secondary N) is 5. The van der Waals surface area contributed by atoms with Gasteiger partial charge in [-0.2, -0.15) is 0 Å². The molecule has 3 aromatic carbocycles. The quantitative estimate of drug-likeness (QED) is 0.0907. The molecule has 5 unspecified atom stereocenters. The van der Waals surface area contributed by atoms with Crippen LogP contribution in [0.15, 0.2) is 91.3 Å². The molecule has 5 rings (SSSR count). The lowest BCUT2D eigenvalue weighted by Crippen LogP contribution is -2.60. The first-order chi connectivity index (χ1) is 22.6. The number of carbonyl (C=O) groups excluding carboxylic acids is 3. The van der Waals surface area contributed by atoms with Crippen molar-refractivity contribution in [2.75, 3.05) is 0 Å². The Morgan fingerprint density at radius 1 is 0.681 bits per heavy atom. The second kappa shape index (κ2) is 14.8. The van der Waals surface area contributed by atoms with Crippen LogP contribution in [0.2, 0.25) is 0 Å². The molecule has 5 aromatic rings. The fourth-order valence-corrected chi connectivity index (χ4v) is 5.61. The lowest BCUT2D eigenvalue weighted by atomic mass is 10.0. The lowest BCUT2D eigenvalue weighted by molar-refractivity contribution is -0.142. The molecule has 0 radical (unpaired) electrons. The van der Waals surface area contributed by atoms with Gasteiger partial charge >= 0.3 is 5.97 Å². The monoisotopic (exact) mass is 638 g/mol. The van der Waals surface area contributed by atoms with Crippen LogP contribution < -0.4 is 21.7 Å². The second-order valence-electron chi connectivity index (χ2n) is 11.6. The van der Waals surface area contributed by atoms with Crippen molar-refractivity contribution in [3.63, 3.8) is 0 Å². The zero-order valence-corrected chi connectivity index (χ0v) is 25.8. The van der Waals surface area contributed by atoms with Gasteiger partial charge in [0.2, 0.25) is 17.7 Å². The molecule has 244 valence electrons. The molecule has 0 aliphatic rings. The first-order valence-electron chi connectivity index (χ1n) is 15.3. The third-order valence-electron chi connectivity index (χ3n) is 8.14. The predicted molar refractivity (Wildman–Crippen MR) is 177 cm³/mol. The number of hydrogen-bond donors (Lipinski definition) is 8. The summed E-state index contributed by atoms with van der Waals surface area (Å²) in [5.74, 6) is -3.48. The van der Waals surface area contributed by atoms with Gasteiger partial charge in [0.1, 0.15) is 18.1 Å². The Labute approximate surface area is 270 Å². The van der Waals surface area contributed by atoms with Gasteiger partial charge in [0.25, 0.3) is 0 Å². The number of H-pyrrole nitrogens is 2. The molecule has 9 N–H and O–H groups in total. The largest absolute Gasteiger partial charge is 0.480 e. The fourth-order valence-electron chi connectivity index (χ4n) is 5.61. The maximum Gasteiger partial charge on any atom is 0.326 e. The number of aliphatic hydroxyl groups is 1. The van der Waals surface area contributed by atoms with E-state index in [0.29, 0.717) is 11.1 Å². The number of benzene rings is 3. The van der Waals surface area contributed by atoms with E-state index in [1.54, 1.807) is 12.4 Å². The molecular weight excluding hydrogens is 600 g/mol. The average Bonchev–Trinajstić information content (AvgIpc) is 3.67. The molecule has 12 nitrogen and oxygen atoms in total. The topological polar surface area (TPSA) is 202 Å². The number of fused-ring (bicyclic) bond motifs is 2. The molecule has 0 spiro atoms. The van der Waals surface area contributed by atoms with Crippen molar-refractivity contribution in [1.29, 1.82) is 0 Å². The van der Waals surface area contributed by atoms with Crippen molar-refractivity contribution in [3.05, 3.63) is 108 Å². The summed E-state index contributed by atoms with van der Waals surface area (Å²) in [4.78, 5) is 59.0. The zero-order valence-electron chi connectivity index (χ0n) is 25.8. The Balaban J connectivity index is 1.35. The van der Waals surface area contributed by atoms with Crippen LogP contribution in [0, 0.1) is 0 Å². The van der Waals surface area contributed by atoms with Gasteiger partial charge in [-0.3, -0.25) is 14.4 Å². The molecule has 47 heavy (non-hydrogen) atoms. The zero-order chi connectivity index (χ0) is 33.5. The fraction of sp³-hybridized carbons (Fsp3) is 0.257. The molecule has 2 aromatic heterocycles. The maximum atomic E-state index is 13.8. The number of hydrogen-bond acceptors (Lipinski definition) is 6. The van der Waals surface area contributed by atoms with Gasteiger partial charge in [0, 0.05) is 47.0 Å². The smallest absolute Gasteiger partial charge is 0.326 e. The van der Waals surface area contributed by atoms with Gasteiger partial charge in [-0.05, 0) is 42.2 Å². The molecule has 0 saturated heterocycles. The minimum Gasteiger partial charge on any atom is -0.480 e. The third kappa shape index (κ3) is 8.04. The summed E-state index contributed by atoms with van der Waals surface area (Å²) in [5.41, 5.74) is 9.99. The Morgan fingerprint density at radius 2 is 1.19 bits per heavy atom. The van der Waals surface area contributed by atoms with Crippen LogP contribution in [-0.4, -0.2) is 74.1 Å². The summed E-state index contributed by atoms with van der Waals surface area (Å²) in [6.45, 7) is 1.34. The SMILES string of the molecule is CC(O)C(NC(=O)C(N)Cc1ccccc1)C(=O)NC(Cc1c[nH]c2ccccc12)C(=O)NC(Cc1c[nH]c2ccccc12)C(=O)O. The highest BCUT2D eigenvalue weighted by atomic mass is 16.4. The maximum absolute atomic E-state index is 13.8. The van der Waals surface area contributed by atoms with E-state index in [4.69, 9.17) is 5.73 Å². The number of aliphatic carboxylic acids is 1. The number of aromatic nitrogens is 2. The summed E-state index contributed by atoms with van der Waals surface area (Å²) in [7, 11) is 0. The van der Waals surface area contributed by atoms with Crippen molar-refractivity contribution in [2.24, 2.45) is 5.73 Å². The van der Waals surface area contributed by atoms with Gasteiger partial charge in [-0.15, -0.1) is 0 Å². The molecule has 0 saturated carbocycles. The van der Waals surface area contributed by atoms with Gasteiger partial charge in [-0.1, -0.05) is 66.7 Å². The summed E-state index contributed by atoms with van der Waals surface area (Å²) >= 11 is 0. The number of carboxylic acids is 1. The molecule has 0 bridgehead atoms. The highest BCUT2D eigenvalue weighted by Crippen LogP contribution is 2.21. The van der Waals surface area contributed by atoms with Gasteiger partial charge in [0.15, 0.2) is 0 Å². The predicted octanol–water partition coefficient (Wildman–Crippen LogP) is 1.92. The lowest BCUT2D eigenvalue weighted by Gasteiger charge is -2.26. The standard InChI is InChI=1S/C35H38N6O6/c1-20(42)31(41-32(43)26(36)15-21-9-3-2-4-10-21)34(45)39-29(16-22-18-37-27-13-7-5-11-24(22)27)33(44)40-30(35(46)47)17-23-19-38-28-14-8-6-12-25(23)28/h2-14,18-20,26,29-31,37-38,42H,15-17,36H2,1H3,(H,39,45)(H,40,44)(H,41,43)(H,46,47). The molecule has 0 fully saturated rings. The Kier molecular flexibility index (Phi) is 10.3. The average molecular weight is 639 g/mol. The van der Waals surface area contributed by atoms with Crippen molar-refractivity contribution in [2.45, 2.75) is 56.5 Å². The van der Waals surface area contributed by atoms with E-state index in [0.717, 1.165) is 27.4 Å².